The van der Waals surface area contributed by atoms with Crippen LogP contribution in [-0.2, 0) is 7.05 Å². The molecule has 1 atom stereocenters. The molecule has 0 N–H and O–H groups in total. The number of amides is 1. The van der Waals surface area contributed by atoms with Gasteiger partial charge in [0.1, 0.15) is 5.82 Å². The molecule has 7 nitrogen and oxygen atoms in total. The number of imidazole rings is 1. The first-order valence-corrected chi connectivity index (χ1v) is 8.37. The molecule has 3 aromatic heterocycles. The van der Waals surface area contributed by atoms with Gasteiger partial charge in [0.15, 0.2) is 5.82 Å². The fraction of sp³-hybridized carbons (Fsp3) is 0.333. The molecule has 0 aliphatic carbocycles. The average molecular weight is 336 g/mol. The zero-order chi connectivity index (χ0) is 17.4. The number of hydrogen-bond acceptors (Lipinski definition) is 4. The molecule has 0 aromatic carbocycles. The van der Waals surface area contributed by atoms with Gasteiger partial charge in [-0.3, -0.25) is 4.79 Å². The number of carbonyl (C=O) groups is 1. The van der Waals surface area contributed by atoms with E-state index in [9.17, 15) is 4.79 Å². The Morgan fingerprint density at radius 3 is 2.84 bits per heavy atom. The van der Waals surface area contributed by atoms with Crippen molar-refractivity contribution in [3.05, 3.63) is 60.1 Å². The van der Waals surface area contributed by atoms with Crippen molar-refractivity contribution in [2.24, 2.45) is 7.05 Å². The predicted molar refractivity (Wildman–Crippen MR) is 92.6 cm³/mol. The zero-order valence-corrected chi connectivity index (χ0v) is 14.3. The maximum Gasteiger partial charge on any atom is 0.255 e. The molecule has 0 bridgehead atoms. The number of hydrogen-bond donors (Lipinski definition) is 0. The van der Waals surface area contributed by atoms with Crippen LogP contribution in [0.25, 0.3) is 5.82 Å². The van der Waals surface area contributed by atoms with Crippen LogP contribution in [0.15, 0.2) is 43.0 Å². The summed E-state index contributed by atoms with van der Waals surface area (Å²) in [5, 5.41) is 4.14. The first-order valence-electron chi connectivity index (χ1n) is 8.37. The van der Waals surface area contributed by atoms with Crippen LogP contribution in [0.4, 0.5) is 0 Å². The van der Waals surface area contributed by atoms with E-state index in [1.54, 1.807) is 17.1 Å². The van der Waals surface area contributed by atoms with Gasteiger partial charge >= 0.3 is 0 Å². The lowest BCUT2D eigenvalue weighted by atomic mass is 10.1. The second-order valence-electron chi connectivity index (χ2n) is 6.44. The first kappa shape index (κ1) is 15.6. The van der Waals surface area contributed by atoms with Gasteiger partial charge in [-0.25, -0.2) is 14.6 Å². The summed E-state index contributed by atoms with van der Waals surface area (Å²) in [6, 6.07) is 5.46. The molecule has 7 heteroatoms. The minimum absolute atomic E-state index is 0.0212. The maximum atomic E-state index is 12.7. The summed E-state index contributed by atoms with van der Waals surface area (Å²) in [5.41, 5.74) is 1.62. The Hall–Kier alpha value is -2.96. The lowest BCUT2D eigenvalue weighted by Gasteiger charge is -2.16. The lowest BCUT2D eigenvalue weighted by molar-refractivity contribution is 0.0790. The molecule has 4 rings (SSSR count). The number of rotatable bonds is 3. The summed E-state index contributed by atoms with van der Waals surface area (Å²) < 4.78 is 3.73. The van der Waals surface area contributed by atoms with E-state index < -0.39 is 0 Å². The van der Waals surface area contributed by atoms with Crippen molar-refractivity contribution >= 4 is 5.91 Å². The third-order valence-corrected chi connectivity index (χ3v) is 4.61. The van der Waals surface area contributed by atoms with Crippen molar-refractivity contribution in [3.63, 3.8) is 0 Å². The highest BCUT2D eigenvalue weighted by atomic mass is 16.2. The molecule has 1 aliphatic heterocycles. The van der Waals surface area contributed by atoms with Gasteiger partial charge in [0.2, 0.25) is 0 Å². The van der Waals surface area contributed by atoms with Crippen LogP contribution in [0, 0.1) is 6.92 Å². The third kappa shape index (κ3) is 2.93. The largest absolute Gasteiger partial charge is 0.338 e. The first-order chi connectivity index (χ1) is 12.1. The van der Waals surface area contributed by atoms with E-state index in [1.165, 1.54) is 0 Å². The lowest BCUT2D eigenvalue weighted by Crippen LogP contribution is -2.28. The van der Waals surface area contributed by atoms with E-state index in [1.807, 2.05) is 49.5 Å². The van der Waals surface area contributed by atoms with E-state index >= 15 is 0 Å². The van der Waals surface area contributed by atoms with Crippen LogP contribution >= 0.6 is 0 Å². The number of aromatic nitrogens is 5. The second kappa shape index (κ2) is 6.16. The molecule has 1 saturated heterocycles. The number of pyridine rings is 1. The number of aryl methyl sites for hydroxylation is 2. The average Bonchev–Trinajstić information content (AvgIpc) is 3.35. The SMILES string of the molecule is Cc1cn(C)c([C@H]2CCN(C(=O)c3ccc(-n4cccn4)nc3)C2)n1. The second-order valence-corrected chi connectivity index (χ2v) is 6.44. The smallest absolute Gasteiger partial charge is 0.255 e. The van der Waals surface area contributed by atoms with E-state index in [2.05, 4.69) is 19.6 Å². The van der Waals surface area contributed by atoms with Crippen LogP contribution in [0.3, 0.4) is 0 Å². The molecule has 0 spiro atoms. The monoisotopic (exact) mass is 336 g/mol. The van der Waals surface area contributed by atoms with Crippen LogP contribution in [0.5, 0.6) is 0 Å². The number of carbonyl (C=O) groups excluding carboxylic acids is 1. The van der Waals surface area contributed by atoms with Crippen LogP contribution in [0.2, 0.25) is 0 Å². The Balaban J connectivity index is 1.47. The Bertz CT molecular complexity index is 881. The Labute approximate surface area is 145 Å². The topological polar surface area (TPSA) is 68.8 Å². The van der Waals surface area contributed by atoms with Gasteiger partial charge < -0.3 is 9.47 Å². The molecular weight excluding hydrogens is 316 g/mol. The highest BCUT2D eigenvalue weighted by molar-refractivity contribution is 5.94. The summed E-state index contributed by atoms with van der Waals surface area (Å²) in [7, 11) is 2.01. The van der Waals surface area contributed by atoms with E-state index in [-0.39, 0.29) is 5.91 Å². The van der Waals surface area contributed by atoms with Crippen molar-refractivity contribution in [1.29, 1.82) is 0 Å². The minimum atomic E-state index is 0.0212. The van der Waals surface area contributed by atoms with Crippen LogP contribution in [0.1, 0.15) is 34.2 Å². The minimum Gasteiger partial charge on any atom is -0.338 e. The van der Waals surface area contributed by atoms with Gasteiger partial charge in [-0.1, -0.05) is 0 Å². The standard InChI is InChI=1S/C18H20N6O/c1-13-11-22(2)17(21-13)15-6-9-23(12-15)18(25)14-4-5-16(19-10-14)24-8-3-7-20-24/h3-5,7-8,10-11,15H,6,9,12H2,1-2H3/t15-/m0/s1. The molecule has 0 unspecified atom stereocenters. The van der Waals surface area contributed by atoms with Crippen LogP contribution < -0.4 is 0 Å². The highest BCUT2D eigenvalue weighted by Gasteiger charge is 2.30. The molecule has 128 valence electrons. The van der Waals surface area contributed by atoms with Crippen LogP contribution in [-0.4, -0.2) is 48.2 Å². The Morgan fingerprint density at radius 1 is 1.32 bits per heavy atom. The number of likely N-dealkylation sites (tertiary alicyclic amines) is 1. The fourth-order valence-electron chi connectivity index (χ4n) is 3.40. The van der Waals surface area contributed by atoms with E-state index in [0.717, 1.165) is 24.5 Å². The Morgan fingerprint density at radius 2 is 2.20 bits per heavy atom. The van der Waals surface area contributed by atoms with Crippen molar-refractivity contribution in [2.75, 3.05) is 13.1 Å². The van der Waals surface area contributed by atoms with Crippen molar-refractivity contribution in [1.82, 2.24) is 29.2 Å². The molecular formula is C18H20N6O. The molecule has 3 aromatic rings. The molecule has 25 heavy (non-hydrogen) atoms. The third-order valence-electron chi connectivity index (χ3n) is 4.61. The normalized spacial score (nSPS) is 17.2. The van der Waals surface area contributed by atoms with Gasteiger partial charge in [-0.2, -0.15) is 5.10 Å². The molecule has 0 radical (unpaired) electrons. The van der Waals surface area contributed by atoms with E-state index in [4.69, 9.17) is 0 Å². The van der Waals surface area contributed by atoms with Crippen molar-refractivity contribution in [2.45, 2.75) is 19.3 Å². The summed E-state index contributed by atoms with van der Waals surface area (Å²) in [4.78, 5) is 23.6. The van der Waals surface area contributed by atoms with Gasteiger partial charge in [0.05, 0.1) is 11.3 Å². The summed E-state index contributed by atoms with van der Waals surface area (Å²) >= 11 is 0. The summed E-state index contributed by atoms with van der Waals surface area (Å²) in [6.45, 7) is 3.44. The predicted octanol–water partition coefficient (Wildman–Crippen LogP) is 1.94. The molecule has 1 amide bonds. The maximum absolute atomic E-state index is 12.7. The van der Waals surface area contributed by atoms with Gasteiger partial charge in [-0.05, 0) is 31.5 Å². The van der Waals surface area contributed by atoms with Gasteiger partial charge in [0, 0.05) is 50.8 Å². The molecule has 0 saturated carbocycles. The van der Waals surface area contributed by atoms with E-state index in [0.29, 0.717) is 23.8 Å². The van der Waals surface area contributed by atoms with Gasteiger partial charge in [0.25, 0.3) is 5.91 Å². The Kier molecular flexibility index (Phi) is 3.83. The molecule has 4 heterocycles. The molecule has 1 fully saturated rings. The van der Waals surface area contributed by atoms with Gasteiger partial charge in [-0.15, -0.1) is 0 Å². The number of nitrogens with zero attached hydrogens (tertiary/aromatic N) is 6. The quantitative estimate of drug-likeness (QED) is 0.733. The van der Waals surface area contributed by atoms with Crippen molar-refractivity contribution in [3.8, 4) is 5.82 Å². The summed E-state index contributed by atoms with van der Waals surface area (Å²) in [5.74, 6) is 2.07. The van der Waals surface area contributed by atoms with Crippen molar-refractivity contribution < 1.29 is 4.79 Å². The summed E-state index contributed by atoms with van der Waals surface area (Å²) in [6.07, 6.45) is 8.11. The zero-order valence-electron chi connectivity index (χ0n) is 14.3. The fourth-order valence-corrected chi connectivity index (χ4v) is 3.40. The highest BCUT2D eigenvalue weighted by Crippen LogP contribution is 2.27. The molecule has 1 aliphatic rings.